The van der Waals surface area contributed by atoms with E-state index in [1.807, 2.05) is 55.5 Å². The fourth-order valence-electron chi connectivity index (χ4n) is 1.98. The van der Waals surface area contributed by atoms with Gasteiger partial charge in [-0.15, -0.1) is 0 Å². The molecule has 3 rings (SSSR count). The van der Waals surface area contributed by atoms with E-state index < -0.39 is 0 Å². The van der Waals surface area contributed by atoms with Gasteiger partial charge >= 0.3 is 0 Å². The number of hydrogen-bond acceptors (Lipinski definition) is 5. The van der Waals surface area contributed by atoms with Gasteiger partial charge in [0.1, 0.15) is 5.52 Å². The van der Waals surface area contributed by atoms with Gasteiger partial charge in [-0.25, -0.2) is 10.4 Å². The molecule has 0 atom stereocenters. The SMILES string of the molecule is Cc1ccccc1/C=N\NC(=O)CSc1nc2ccccc2o1. The fraction of sp³-hybridized carbons (Fsp3) is 0.118. The number of carbonyl (C=O) groups is 1. The Hall–Kier alpha value is -2.60. The molecule has 6 heteroatoms. The average Bonchev–Trinajstić information content (AvgIpc) is 2.98. The quantitative estimate of drug-likeness (QED) is 0.444. The topological polar surface area (TPSA) is 67.5 Å². The molecule has 0 aliphatic carbocycles. The van der Waals surface area contributed by atoms with Crippen molar-refractivity contribution in [1.29, 1.82) is 0 Å². The summed E-state index contributed by atoms with van der Waals surface area (Å²) in [6.07, 6.45) is 1.64. The number of nitrogens with one attached hydrogen (secondary N) is 1. The lowest BCUT2D eigenvalue weighted by Crippen LogP contribution is -2.19. The van der Waals surface area contributed by atoms with Gasteiger partial charge in [0.05, 0.1) is 12.0 Å². The summed E-state index contributed by atoms with van der Waals surface area (Å²) in [6.45, 7) is 1.99. The monoisotopic (exact) mass is 325 g/mol. The molecule has 0 spiro atoms. The van der Waals surface area contributed by atoms with Crippen molar-refractivity contribution in [2.24, 2.45) is 5.10 Å². The maximum atomic E-state index is 11.8. The van der Waals surface area contributed by atoms with E-state index in [2.05, 4.69) is 15.5 Å². The normalized spacial score (nSPS) is 11.2. The molecule has 116 valence electrons. The molecular weight excluding hydrogens is 310 g/mol. The summed E-state index contributed by atoms with van der Waals surface area (Å²) in [5, 5.41) is 4.44. The summed E-state index contributed by atoms with van der Waals surface area (Å²) in [7, 11) is 0. The summed E-state index contributed by atoms with van der Waals surface area (Å²) in [5.41, 5.74) is 6.08. The second-order valence-corrected chi connectivity index (χ2v) is 5.81. The summed E-state index contributed by atoms with van der Waals surface area (Å²) < 4.78 is 5.54. The Bertz CT molecular complexity index is 825. The van der Waals surface area contributed by atoms with Crippen LogP contribution in [-0.2, 0) is 4.79 Å². The predicted molar refractivity (Wildman–Crippen MR) is 91.6 cm³/mol. The number of oxazole rings is 1. The Morgan fingerprint density at radius 2 is 2.04 bits per heavy atom. The number of nitrogens with zero attached hydrogens (tertiary/aromatic N) is 2. The minimum atomic E-state index is -0.206. The van der Waals surface area contributed by atoms with E-state index in [0.717, 1.165) is 16.6 Å². The molecule has 3 aromatic rings. The molecule has 0 bridgehead atoms. The summed E-state index contributed by atoms with van der Waals surface area (Å²) in [5.74, 6) is -0.0140. The highest BCUT2D eigenvalue weighted by molar-refractivity contribution is 7.99. The Labute approximate surface area is 137 Å². The third kappa shape index (κ3) is 3.98. The smallest absolute Gasteiger partial charge is 0.257 e. The Kier molecular flexibility index (Phi) is 4.73. The zero-order chi connectivity index (χ0) is 16.1. The Morgan fingerprint density at radius 3 is 2.87 bits per heavy atom. The number of hydrazone groups is 1. The van der Waals surface area contributed by atoms with Gasteiger partial charge in [0, 0.05) is 0 Å². The van der Waals surface area contributed by atoms with Crippen molar-refractivity contribution in [3.8, 4) is 0 Å². The number of amides is 1. The van der Waals surface area contributed by atoms with Gasteiger partial charge in [-0.1, -0.05) is 48.2 Å². The standard InChI is InChI=1S/C17H15N3O2S/c1-12-6-2-3-7-13(12)10-18-20-16(21)11-23-17-19-14-8-4-5-9-15(14)22-17/h2-10H,11H2,1H3,(H,20,21)/b18-10-. The highest BCUT2D eigenvalue weighted by Crippen LogP contribution is 2.22. The summed E-state index contributed by atoms with van der Waals surface area (Å²) in [4.78, 5) is 16.1. The van der Waals surface area contributed by atoms with Crippen LogP contribution >= 0.6 is 11.8 Å². The largest absolute Gasteiger partial charge is 0.431 e. The molecule has 0 radical (unpaired) electrons. The highest BCUT2D eigenvalue weighted by Gasteiger charge is 2.08. The number of para-hydroxylation sites is 2. The number of rotatable bonds is 5. The van der Waals surface area contributed by atoms with Crippen molar-refractivity contribution < 1.29 is 9.21 Å². The molecule has 0 unspecified atom stereocenters. The van der Waals surface area contributed by atoms with Crippen LogP contribution in [0.5, 0.6) is 0 Å². The van der Waals surface area contributed by atoms with E-state index in [4.69, 9.17) is 4.42 Å². The van der Waals surface area contributed by atoms with Crippen molar-refractivity contribution in [2.45, 2.75) is 12.1 Å². The zero-order valence-corrected chi connectivity index (χ0v) is 13.3. The molecule has 0 saturated heterocycles. The maximum absolute atomic E-state index is 11.8. The molecule has 1 heterocycles. The highest BCUT2D eigenvalue weighted by atomic mass is 32.2. The molecular formula is C17H15N3O2S. The minimum absolute atomic E-state index is 0.192. The van der Waals surface area contributed by atoms with Crippen molar-refractivity contribution in [3.63, 3.8) is 0 Å². The molecule has 0 saturated carbocycles. The van der Waals surface area contributed by atoms with Crippen molar-refractivity contribution in [2.75, 3.05) is 5.75 Å². The van der Waals surface area contributed by atoms with Crippen molar-refractivity contribution in [1.82, 2.24) is 10.4 Å². The van der Waals surface area contributed by atoms with Crippen LogP contribution in [0.1, 0.15) is 11.1 Å². The predicted octanol–water partition coefficient (Wildman–Crippen LogP) is 3.38. The molecule has 1 aromatic heterocycles. The first-order valence-electron chi connectivity index (χ1n) is 7.08. The van der Waals surface area contributed by atoms with Crippen LogP contribution in [0.15, 0.2) is 63.3 Å². The molecule has 5 nitrogen and oxygen atoms in total. The number of aromatic nitrogens is 1. The number of benzene rings is 2. The average molecular weight is 325 g/mol. The first kappa shape index (κ1) is 15.3. The van der Waals surface area contributed by atoms with Crippen LogP contribution in [-0.4, -0.2) is 22.9 Å². The lowest BCUT2D eigenvalue weighted by Gasteiger charge is -1.99. The zero-order valence-electron chi connectivity index (χ0n) is 12.5. The van der Waals surface area contributed by atoms with E-state index in [-0.39, 0.29) is 11.7 Å². The van der Waals surface area contributed by atoms with Crippen LogP contribution in [0.3, 0.4) is 0 Å². The van der Waals surface area contributed by atoms with E-state index in [1.165, 1.54) is 11.8 Å². The molecule has 0 aliphatic rings. The number of thioether (sulfide) groups is 1. The lowest BCUT2D eigenvalue weighted by molar-refractivity contribution is -0.118. The second kappa shape index (κ2) is 7.11. The molecule has 1 amide bonds. The van der Waals surface area contributed by atoms with E-state index in [0.29, 0.717) is 10.8 Å². The number of fused-ring (bicyclic) bond motifs is 1. The molecule has 0 aliphatic heterocycles. The lowest BCUT2D eigenvalue weighted by atomic mass is 10.1. The van der Waals surface area contributed by atoms with Gasteiger partial charge in [0.15, 0.2) is 5.58 Å². The number of carbonyl (C=O) groups excluding carboxylic acids is 1. The fourth-order valence-corrected chi connectivity index (χ4v) is 2.61. The third-order valence-electron chi connectivity index (χ3n) is 3.18. The van der Waals surface area contributed by atoms with Gasteiger partial charge in [0.2, 0.25) is 0 Å². The van der Waals surface area contributed by atoms with Crippen LogP contribution in [0.4, 0.5) is 0 Å². The number of hydrogen-bond donors (Lipinski definition) is 1. The van der Waals surface area contributed by atoms with Crippen molar-refractivity contribution in [3.05, 3.63) is 59.7 Å². The van der Waals surface area contributed by atoms with Gasteiger partial charge < -0.3 is 4.42 Å². The molecule has 1 N–H and O–H groups in total. The number of aryl methyl sites for hydroxylation is 1. The maximum Gasteiger partial charge on any atom is 0.257 e. The minimum Gasteiger partial charge on any atom is -0.431 e. The molecule has 23 heavy (non-hydrogen) atoms. The first-order chi connectivity index (χ1) is 11.2. The molecule has 0 fully saturated rings. The Balaban J connectivity index is 1.52. The third-order valence-corrected chi connectivity index (χ3v) is 4.01. The van der Waals surface area contributed by atoms with Gasteiger partial charge in [-0.3, -0.25) is 4.79 Å². The van der Waals surface area contributed by atoms with Crippen LogP contribution in [0.2, 0.25) is 0 Å². The van der Waals surface area contributed by atoms with Crippen molar-refractivity contribution >= 4 is 35.0 Å². The first-order valence-corrected chi connectivity index (χ1v) is 8.07. The van der Waals surface area contributed by atoms with E-state index in [9.17, 15) is 4.79 Å². The van der Waals surface area contributed by atoms with Crippen LogP contribution < -0.4 is 5.43 Å². The van der Waals surface area contributed by atoms with Gasteiger partial charge in [-0.05, 0) is 30.2 Å². The van der Waals surface area contributed by atoms with Gasteiger partial charge in [0.25, 0.3) is 11.1 Å². The summed E-state index contributed by atoms with van der Waals surface area (Å²) >= 11 is 1.24. The second-order valence-electron chi connectivity index (χ2n) is 4.89. The van der Waals surface area contributed by atoms with E-state index >= 15 is 0 Å². The van der Waals surface area contributed by atoms with Gasteiger partial charge in [-0.2, -0.15) is 5.10 Å². The molecule has 2 aromatic carbocycles. The Morgan fingerprint density at radius 1 is 1.26 bits per heavy atom. The van der Waals surface area contributed by atoms with Crippen LogP contribution in [0, 0.1) is 6.92 Å². The van der Waals surface area contributed by atoms with Crippen LogP contribution in [0.25, 0.3) is 11.1 Å². The van der Waals surface area contributed by atoms with E-state index in [1.54, 1.807) is 6.21 Å². The summed E-state index contributed by atoms with van der Waals surface area (Å²) in [6, 6.07) is 15.3.